The molecule has 1 aliphatic heterocycles. The van der Waals surface area contributed by atoms with Gasteiger partial charge >= 0.3 is 5.88 Å². The molecule has 0 aliphatic carbocycles. The monoisotopic (exact) mass is 255 g/mol. The Morgan fingerprint density at radius 3 is 2.72 bits per heavy atom. The van der Waals surface area contributed by atoms with Crippen molar-refractivity contribution in [1.82, 2.24) is 5.27 Å². The highest BCUT2D eigenvalue weighted by Gasteiger charge is 2.27. The van der Waals surface area contributed by atoms with E-state index in [4.69, 9.17) is 9.26 Å². The van der Waals surface area contributed by atoms with Crippen molar-refractivity contribution in [1.29, 1.82) is 0 Å². The maximum atomic E-state index is 11.8. The van der Waals surface area contributed by atoms with Gasteiger partial charge in [-0.3, -0.25) is 14.6 Å². The molecule has 1 saturated heterocycles. The summed E-state index contributed by atoms with van der Waals surface area (Å²) >= 11 is 0. The highest BCUT2D eigenvalue weighted by molar-refractivity contribution is 5.93. The first-order chi connectivity index (χ1) is 8.47. The summed E-state index contributed by atoms with van der Waals surface area (Å²) in [6, 6.07) is 0. The Labute approximate surface area is 106 Å². The first-order valence-electron chi connectivity index (χ1n) is 6.00. The molecular weight excluding hydrogens is 236 g/mol. The number of ether oxygens (including phenoxy) is 1. The summed E-state index contributed by atoms with van der Waals surface area (Å²) in [6.07, 6.45) is 1.66. The Balaban J connectivity index is 1.99. The minimum Gasteiger partial charge on any atom is -0.377 e. The lowest BCUT2D eigenvalue weighted by Crippen LogP contribution is -2.62. The number of rotatable bonds is 2. The van der Waals surface area contributed by atoms with Crippen molar-refractivity contribution in [3.63, 3.8) is 0 Å². The fourth-order valence-electron chi connectivity index (χ4n) is 1.48. The van der Waals surface area contributed by atoms with E-state index in [1.54, 1.807) is 11.0 Å². The molecule has 1 N–H and O–H groups in total. The van der Waals surface area contributed by atoms with E-state index >= 15 is 0 Å². The standard InChI is InChI=1S/C11H18N4O3/c1-11(2,3)10(16)12-9-8-15(13-18-9)14-4-6-17-7-5-14/h8H,4-7H2,1-3H3/p+1. The lowest BCUT2D eigenvalue weighted by molar-refractivity contribution is -0.759. The summed E-state index contributed by atoms with van der Waals surface area (Å²) in [4.78, 5) is 13.4. The molecule has 0 saturated carbocycles. The summed E-state index contributed by atoms with van der Waals surface area (Å²) in [5.74, 6) is 0.245. The molecule has 1 aromatic rings. The van der Waals surface area contributed by atoms with Gasteiger partial charge in [-0.15, -0.1) is 5.01 Å². The Hall–Kier alpha value is -1.63. The Bertz CT molecular complexity index is 418. The molecule has 1 aromatic heterocycles. The second kappa shape index (κ2) is 4.93. The van der Waals surface area contributed by atoms with Gasteiger partial charge in [0.15, 0.2) is 0 Å². The molecule has 7 heteroatoms. The van der Waals surface area contributed by atoms with Gasteiger partial charge in [-0.05, 0) is 0 Å². The SMILES string of the molecule is CC(C)(C)C(=O)Nc1c[n+](N2CCOCC2)no1. The fraction of sp³-hybridized carbons (Fsp3) is 0.727. The van der Waals surface area contributed by atoms with Crippen LogP contribution in [0, 0.1) is 5.41 Å². The Morgan fingerprint density at radius 1 is 1.44 bits per heavy atom. The average Bonchev–Trinajstić information content (AvgIpc) is 2.77. The highest BCUT2D eigenvalue weighted by Crippen LogP contribution is 2.15. The van der Waals surface area contributed by atoms with Gasteiger partial charge in [0, 0.05) is 5.41 Å². The molecule has 100 valence electrons. The van der Waals surface area contributed by atoms with Crippen LogP contribution in [-0.2, 0) is 9.53 Å². The third kappa shape index (κ3) is 2.98. The van der Waals surface area contributed by atoms with E-state index < -0.39 is 5.41 Å². The topological polar surface area (TPSA) is 71.5 Å². The lowest BCUT2D eigenvalue weighted by atomic mass is 9.96. The lowest BCUT2D eigenvalue weighted by Gasteiger charge is -2.18. The summed E-state index contributed by atoms with van der Waals surface area (Å²) in [6.45, 7) is 8.37. The van der Waals surface area contributed by atoms with Crippen LogP contribution in [0.5, 0.6) is 0 Å². The first kappa shape index (κ1) is 12.8. The third-order valence-corrected chi connectivity index (χ3v) is 2.65. The van der Waals surface area contributed by atoms with Crippen LogP contribution in [0.1, 0.15) is 20.8 Å². The largest absolute Gasteiger partial charge is 0.377 e. The van der Waals surface area contributed by atoms with E-state index in [-0.39, 0.29) is 5.91 Å². The van der Waals surface area contributed by atoms with Gasteiger partial charge in [-0.1, -0.05) is 20.8 Å². The van der Waals surface area contributed by atoms with Crippen molar-refractivity contribution >= 4 is 11.8 Å². The minimum absolute atomic E-state index is 0.104. The van der Waals surface area contributed by atoms with E-state index in [0.717, 1.165) is 13.1 Å². The van der Waals surface area contributed by atoms with Crippen LogP contribution < -0.4 is 15.1 Å². The number of morpholine rings is 1. The van der Waals surface area contributed by atoms with Gasteiger partial charge in [0.25, 0.3) is 6.20 Å². The molecule has 1 fully saturated rings. The van der Waals surface area contributed by atoms with E-state index in [0.29, 0.717) is 19.1 Å². The Kier molecular flexibility index (Phi) is 3.51. The quantitative estimate of drug-likeness (QED) is 0.748. The van der Waals surface area contributed by atoms with Crippen LogP contribution in [-0.4, -0.2) is 37.5 Å². The molecule has 2 heterocycles. The van der Waals surface area contributed by atoms with Gasteiger partial charge in [0.05, 0.1) is 31.1 Å². The molecular formula is C11H19N4O3+. The second-order valence-electron chi connectivity index (χ2n) is 5.26. The van der Waals surface area contributed by atoms with Crippen molar-refractivity contribution < 1.29 is 18.8 Å². The third-order valence-electron chi connectivity index (χ3n) is 2.65. The normalized spacial score (nSPS) is 16.7. The molecule has 2 rings (SSSR count). The van der Waals surface area contributed by atoms with Gasteiger partial charge in [0.2, 0.25) is 11.2 Å². The molecule has 7 nitrogen and oxygen atoms in total. The van der Waals surface area contributed by atoms with Crippen molar-refractivity contribution in [3.8, 4) is 0 Å². The first-order valence-corrected chi connectivity index (χ1v) is 6.00. The summed E-state index contributed by atoms with van der Waals surface area (Å²) < 4.78 is 10.3. The van der Waals surface area contributed by atoms with Crippen molar-refractivity contribution in [2.75, 3.05) is 36.6 Å². The van der Waals surface area contributed by atoms with Crippen LogP contribution in [0.15, 0.2) is 10.7 Å². The number of nitrogens with zero attached hydrogens (tertiary/aromatic N) is 3. The molecule has 1 amide bonds. The Morgan fingerprint density at radius 2 is 2.11 bits per heavy atom. The van der Waals surface area contributed by atoms with Gasteiger partial charge in [-0.2, -0.15) is 0 Å². The summed E-state index contributed by atoms with van der Waals surface area (Å²) in [5.41, 5.74) is -0.462. The number of anilines is 1. The second-order valence-corrected chi connectivity index (χ2v) is 5.26. The molecule has 0 aromatic carbocycles. The van der Waals surface area contributed by atoms with Gasteiger partial charge < -0.3 is 4.74 Å². The smallest absolute Gasteiger partial charge is 0.305 e. The van der Waals surface area contributed by atoms with Crippen molar-refractivity contribution in [2.45, 2.75) is 20.8 Å². The molecule has 1 aliphatic rings. The van der Waals surface area contributed by atoms with Gasteiger partial charge in [0.1, 0.15) is 0 Å². The van der Waals surface area contributed by atoms with Crippen LogP contribution in [0.25, 0.3) is 0 Å². The van der Waals surface area contributed by atoms with Crippen molar-refractivity contribution in [3.05, 3.63) is 6.20 Å². The summed E-state index contributed by atoms with van der Waals surface area (Å²) in [5, 5.41) is 8.55. The molecule has 18 heavy (non-hydrogen) atoms. The zero-order valence-corrected chi connectivity index (χ0v) is 11.0. The molecule has 0 bridgehead atoms. The van der Waals surface area contributed by atoms with Crippen LogP contribution in [0.2, 0.25) is 0 Å². The van der Waals surface area contributed by atoms with Crippen LogP contribution in [0.4, 0.5) is 5.88 Å². The maximum Gasteiger partial charge on any atom is 0.305 e. The molecule has 0 radical (unpaired) electrons. The number of aromatic nitrogens is 2. The average molecular weight is 255 g/mol. The van der Waals surface area contributed by atoms with E-state index in [2.05, 4.69) is 10.6 Å². The molecule has 0 atom stereocenters. The van der Waals surface area contributed by atoms with E-state index in [9.17, 15) is 4.79 Å². The predicted octanol–water partition coefficient (Wildman–Crippen LogP) is -0.0851. The number of hydrogen-bond donors (Lipinski definition) is 1. The van der Waals surface area contributed by atoms with Crippen LogP contribution >= 0.6 is 0 Å². The number of carbonyl (C=O) groups excluding carboxylic acids is 1. The number of hydrogen-bond acceptors (Lipinski definition) is 5. The molecule has 0 unspecified atom stereocenters. The van der Waals surface area contributed by atoms with Crippen LogP contribution in [0.3, 0.4) is 0 Å². The molecule has 0 spiro atoms. The predicted molar refractivity (Wildman–Crippen MR) is 63.6 cm³/mol. The van der Waals surface area contributed by atoms with Crippen molar-refractivity contribution in [2.24, 2.45) is 5.41 Å². The zero-order valence-electron chi connectivity index (χ0n) is 11.0. The zero-order chi connectivity index (χ0) is 13.2. The number of carbonyl (C=O) groups is 1. The highest BCUT2D eigenvalue weighted by atomic mass is 16.5. The van der Waals surface area contributed by atoms with E-state index in [1.165, 1.54) is 0 Å². The van der Waals surface area contributed by atoms with E-state index in [1.807, 2.05) is 25.8 Å². The summed E-state index contributed by atoms with van der Waals surface area (Å²) in [7, 11) is 0. The number of nitrogens with one attached hydrogen (secondary N) is 1. The number of amides is 1. The maximum absolute atomic E-state index is 11.8. The fourth-order valence-corrected chi connectivity index (χ4v) is 1.48. The van der Waals surface area contributed by atoms with Gasteiger partial charge in [-0.25, -0.2) is 0 Å². The minimum atomic E-state index is -0.462.